The fourth-order valence-electron chi connectivity index (χ4n) is 4.19. The summed E-state index contributed by atoms with van der Waals surface area (Å²) in [5, 5.41) is 5.35. The molecule has 1 saturated heterocycles. The number of nitrogens with zero attached hydrogens (tertiary/aromatic N) is 3. The number of thiophene rings is 1. The summed E-state index contributed by atoms with van der Waals surface area (Å²) in [6, 6.07) is 7.93. The van der Waals surface area contributed by atoms with Gasteiger partial charge in [0.2, 0.25) is 5.91 Å². The number of hydrogen-bond donors (Lipinski definition) is 2. The van der Waals surface area contributed by atoms with Crippen LogP contribution in [-0.4, -0.2) is 33.9 Å². The lowest BCUT2D eigenvalue weighted by atomic mass is 9.95. The molecule has 2 N–H and O–H groups in total. The average Bonchev–Trinajstić information content (AvgIpc) is 3.33. The van der Waals surface area contributed by atoms with Crippen LogP contribution in [0, 0.1) is 19.8 Å². The Morgan fingerprint density at radius 2 is 2.03 bits per heavy atom. The van der Waals surface area contributed by atoms with E-state index in [2.05, 4.69) is 39.0 Å². The number of benzene rings is 1. The van der Waals surface area contributed by atoms with E-state index < -0.39 is 0 Å². The first-order valence-electron chi connectivity index (χ1n) is 9.94. The highest BCUT2D eigenvalue weighted by molar-refractivity contribution is 7.18. The quantitative estimate of drug-likeness (QED) is 0.521. The van der Waals surface area contributed by atoms with Crippen molar-refractivity contribution in [3.8, 4) is 0 Å². The summed E-state index contributed by atoms with van der Waals surface area (Å²) in [5.74, 6) is 1.13. The van der Waals surface area contributed by atoms with Crippen molar-refractivity contribution >= 4 is 49.9 Å². The first-order chi connectivity index (χ1) is 14.1. The molecule has 0 atom stereocenters. The number of nitrogens with one attached hydrogen (secondary N) is 2. The zero-order valence-electron chi connectivity index (χ0n) is 16.5. The number of anilines is 2. The largest absolute Gasteiger partial charge is 0.361 e. The topological polar surface area (TPSA) is 73.9 Å². The fraction of sp³-hybridized carbons (Fsp3) is 0.318. The maximum Gasteiger partial charge on any atom is 0.227 e. The highest BCUT2D eigenvalue weighted by Crippen LogP contribution is 2.35. The minimum absolute atomic E-state index is 0.0167. The minimum Gasteiger partial charge on any atom is -0.361 e. The van der Waals surface area contributed by atoms with Crippen molar-refractivity contribution < 1.29 is 4.79 Å². The summed E-state index contributed by atoms with van der Waals surface area (Å²) >= 11 is 1.72. The monoisotopic (exact) mass is 405 g/mol. The molecule has 29 heavy (non-hydrogen) atoms. The molecule has 0 bridgehead atoms. The number of aromatic nitrogens is 3. The van der Waals surface area contributed by atoms with E-state index in [0.29, 0.717) is 0 Å². The van der Waals surface area contributed by atoms with Crippen molar-refractivity contribution in [1.82, 2.24) is 15.0 Å². The van der Waals surface area contributed by atoms with Crippen LogP contribution in [0.2, 0.25) is 0 Å². The minimum atomic E-state index is 0.0167. The number of amides is 1. The van der Waals surface area contributed by atoms with Crippen LogP contribution >= 0.6 is 11.3 Å². The number of aromatic amines is 1. The zero-order valence-corrected chi connectivity index (χ0v) is 17.3. The summed E-state index contributed by atoms with van der Waals surface area (Å²) in [4.78, 5) is 29.7. The van der Waals surface area contributed by atoms with E-state index in [1.807, 2.05) is 30.5 Å². The molecule has 0 spiro atoms. The van der Waals surface area contributed by atoms with Crippen LogP contribution in [0.3, 0.4) is 0 Å². The molecule has 1 aliphatic rings. The molecule has 0 aliphatic carbocycles. The van der Waals surface area contributed by atoms with Crippen LogP contribution in [0.25, 0.3) is 21.1 Å². The van der Waals surface area contributed by atoms with Gasteiger partial charge in [-0.1, -0.05) is 6.07 Å². The highest BCUT2D eigenvalue weighted by atomic mass is 32.1. The number of piperidine rings is 1. The smallest absolute Gasteiger partial charge is 0.227 e. The predicted molar refractivity (Wildman–Crippen MR) is 119 cm³/mol. The third-order valence-electron chi connectivity index (χ3n) is 5.96. The van der Waals surface area contributed by atoms with E-state index in [4.69, 9.17) is 0 Å². The third-order valence-corrected chi connectivity index (χ3v) is 7.08. The number of rotatable bonds is 3. The van der Waals surface area contributed by atoms with E-state index in [0.717, 1.165) is 58.6 Å². The number of H-pyrrole nitrogens is 1. The third kappa shape index (κ3) is 3.15. The molecule has 3 aromatic heterocycles. The van der Waals surface area contributed by atoms with Gasteiger partial charge in [0.1, 0.15) is 17.0 Å². The Bertz CT molecular complexity index is 1200. The summed E-state index contributed by atoms with van der Waals surface area (Å²) in [5.41, 5.74) is 3.17. The highest BCUT2D eigenvalue weighted by Gasteiger charge is 2.27. The number of carbonyl (C=O) groups excluding carboxylic acids is 1. The van der Waals surface area contributed by atoms with Gasteiger partial charge in [-0.15, -0.1) is 11.3 Å². The van der Waals surface area contributed by atoms with Gasteiger partial charge >= 0.3 is 0 Å². The Labute approximate surface area is 173 Å². The van der Waals surface area contributed by atoms with E-state index >= 15 is 0 Å². The van der Waals surface area contributed by atoms with Gasteiger partial charge in [-0.3, -0.25) is 4.79 Å². The molecule has 6 nitrogen and oxygen atoms in total. The maximum absolute atomic E-state index is 12.9. The maximum atomic E-state index is 12.9. The molecule has 0 radical (unpaired) electrons. The molecule has 1 fully saturated rings. The van der Waals surface area contributed by atoms with E-state index in [1.54, 1.807) is 17.7 Å². The van der Waals surface area contributed by atoms with Crippen molar-refractivity contribution in [3.63, 3.8) is 0 Å². The molecule has 148 valence electrons. The Morgan fingerprint density at radius 1 is 1.21 bits per heavy atom. The molecule has 4 aromatic rings. The van der Waals surface area contributed by atoms with Gasteiger partial charge in [0.25, 0.3) is 0 Å². The molecule has 0 unspecified atom stereocenters. The second kappa shape index (κ2) is 7.15. The molecule has 7 heteroatoms. The normalized spacial score (nSPS) is 15.3. The lowest BCUT2D eigenvalue weighted by Crippen LogP contribution is -2.38. The van der Waals surface area contributed by atoms with Gasteiger partial charge in [0.15, 0.2) is 0 Å². The van der Waals surface area contributed by atoms with Gasteiger partial charge in [-0.05, 0) is 50.5 Å². The fourth-order valence-corrected chi connectivity index (χ4v) is 5.18. The predicted octanol–water partition coefficient (Wildman–Crippen LogP) is 4.64. The van der Waals surface area contributed by atoms with E-state index in [9.17, 15) is 4.79 Å². The molecule has 1 aliphatic heterocycles. The van der Waals surface area contributed by atoms with Crippen LogP contribution in [0.15, 0.2) is 36.8 Å². The molecular formula is C22H23N5OS. The molecule has 1 aromatic carbocycles. The number of hydrogen-bond acceptors (Lipinski definition) is 5. The lowest BCUT2D eigenvalue weighted by molar-refractivity contribution is -0.120. The number of fused-ring (bicyclic) bond motifs is 2. The Balaban J connectivity index is 1.31. The van der Waals surface area contributed by atoms with Gasteiger partial charge in [0.05, 0.1) is 11.1 Å². The van der Waals surface area contributed by atoms with Crippen molar-refractivity contribution in [2.45, 2.75) is 26.7 Å². The van der Waals surface area contributed by atoms with Gasteiger partial charge in [-0.25, -0.2) is 9.97 Å². The second-order valence-electron chi connectivity index (χ2n) is 7.66. The Morgan fingerprint density at radius 3 is 2.86 bits per heavy atom. The molecule has 1 amide bonds. The van der Waals surface area contributed by atoms with Crippen LogP contribution in [0.1, 0.15) is 23.3 Å². The van der Waals surface area contributed by atoms with Crippen molar-refractivity contribution in [2.75, 3.05) is 23.3 Å². The molecular weight excluding hydrogens is 382 g/mol. The second-order valence-corrected chi connectivity index (χ2v) is 8.86. The van der Waals surface area contributed by atoms with Crippen molar-refractivity contribution in [1.29, 1.82) is 0 Å². The van der Waals surface area contributed by atoms with Crippen molar-refractivity contribution in [2.24, 2.45) is 5.92 Å². The van der Waals surface area contributed by atoms with E-state index in [-0.39, 0.29) is 11.8 Å². The molecule has 5 rings (SSSR count). The summed E-state index contributed by atoms with van der Waals surface area (Å²) in [7, 11) is 0. The van der Waals surface area contributed by atoms with Crippen LogP contribution in [0.4, 0.5) is 11.5 Å². The van der Waals surface area contributed by atoms with Gasteiger partial charge in [-0.2, -0.15) is 0 Å². The summed E-state index contributed by atoms with van der Waals surface area (Å²) < 4.78 is 0. The SMILES string of the molecule is Cc1sc2ncnc(N3CCC(C(=O)Nc4cccc5[nH]ccc45)CC3)c2c1C. The Kier molecular flexibility index (Phi) is 4.47. The molecule has 4 heterocycles. The summed E-state index contributed by atoms with van der Waals surface area (Å²) in [6.07, 6.45) is 5.20. The van der Waals surface area contributed by atoms with E-state index in [1.165, 1.54) is 10.4 Å². The van der Waals surface area contributed by atoms with Crippen LogP contribution < -0.4 is 10.2 Å². The van der Waals surface area contributed by atoms with Crippen LogP contribution in [0.5, 0.6) is 0 Å². The lowest BCUT2D eigenvalue weighted by Gasteiger charge is -2.32. The van der Waals surface area contributed by atoms with Crippen LogP contribution in [-0.2, 0) is 4.79 Å². The first-order valence-corrected chi connectivity index (χ1v) is 10.8. The Hall–Kier alpha value is -2.93. The van der Waals surface area contributed by atoms with Gasteiger partial charge < -0.3 is 15.2 Å². The summed E-state index contributed by atoms with van der Waals surface area (Å²) in [6.45, 7) is 5.93. The average molecular weight is 406 g/mol. The van der Waals surface area contributed by atoms with Crippen molar-refractivity contribution in [3.05, 3.63) is 47.2 Å². The number of carbonyl (C=O) groups is 1. The number of aryl methyl sites for hydroxylation is 2. The first kappa shape index (κ1) is 18.1. The zero-order chi connectivity index (χ0) is 20.0. The van der Waals surface area contributed by atoms with Gasteiger partial charge in [0, 0.05) is 41.0 Å². The molecule has 0 saturated carbocycles. The standard InChI is InChI=1S/C22H23N5OS/c1-13-14(2)29-22-19(13)20(24-12-25-22)27-10-7-15(8-11-27)21(28)26-18-5-3-4-17-16(18)6-9-23-17/h3-6,9,12,15,23H,7-8,10-11H2,1-2H3,(H,26,28).